The number of likely N-dealkylation sites (N-methyl/N-ethyl adjacent to an activating group) is 1. The summed E-state index contributed by atoms with van der Waals surface area (Å²) in [5.41, 5.74) is -0.129. The molecule has 1 N–H and O–H groups in total. The third-order valence-electron chi connectivity index (χ3n) is 3.26. The van der Waals surface area contributed by atoms with Crippen molar-refractivity contribution in [2.24, 2.45) is 0 Å². The van der Waals surface area contributed by atoms with Crippen LogP contribution in [0.3, 0.4) is 0 Å². The van der Waals surface area contributed by atoms with Crippen molar-refractivity contribution in [3.63, 3.8) is 0 Å². The zero-order valence-electron chi connectivity index (χ0n) is 12.4. The fourth-order valence-corrected chi connectivity index (χ4v) is 2.02. The average Bonchev–Trinajstić information content (AvgIpc) is 2.76. The molecule has 0 aliphatic heterocycles. The van der Waals surface area contributed by atoms with Crippen LogP contribution in [0.5, 0.6) is 0 Å². The van der Waals surface area contributed by atoms with E-state index >= 15 is 0 Å². The Morgan fingerprint density at radius 3 is 2.61 bits per heavy atom. The Morgan fingerprint density at radius 2 is 2.11 bits per heavy atom. The fraction of sp³-hybridized carbons (Fsp3) is 0.846. The normalized spacial score (nSPS) is 14.2. The van der Waals surface area contributed by atoms with Crippen molar-refractivity contribution in [2.45, 2.75) is 58.2 Å². The van der Waals surface area contributed by atoms with Crippen LogP contribution >= 0.6 is 0 Å². The SMILES string of the molecule is CNC(Cc1ncnn1C(C)C)CC(C)(C)OC. The summed E-state index contributed by atoms with van der Waals surface area (Å²) in [5.74, 6) is 1.02. The van der Waals surface area contributed by atoms with Gasteiger partial charge in [-0.3, -0.25) is 0 Å². The molecule has 0 bridgehead atoms. The van der Waals surface area contributed by atoms with Crippen LogP contribution in [0.2, 0.25) is 0 Å². The second-order valence-corrected chi connectivity index (χ2v) is 5.57. The summed E-state index contributed by atoms with van der Waals surface area (Å²) in [6, 6.07) is 0.678. The van der Waals surface area contributed by atoms with Gasteiger partial charge in [0.2, 0.25) is 0 Å². The van der Waals surface area contributed by atoms with Gasteiger partial charge in [0.1, 0.15) is 12.2 Å². The molecule has 1 aromatic heterocycles. The lowest BCUT2D eigenvalue weighted by molar-refractivity contribution is 0.00749. The van der Waals surface area contributed by atoms with Gasteiger partial charge in [0.25, 0.3) is 0 Å². The maximum atomic E-state index is 5.48. The van der Waals surface area contributed by atoms with E-state index < -0.39 is 0 Å². The number of ether oxygens (including phenoxy) is 1. The third kappa shape index (κ3) is 4.07. The summed E-state index contributed by atoms with van der Waals surface area (Å²) >= 11 is 0. The lowest BCUT2D eigenvalue weighted by Crippen LogP contribution is -2.38. The summed E-state index contributed by atoms with van der Waals surface area (Å²) in [6.07, 6.45) is 3.43. The van der Waals surface area contributed by atoms with E-state index in [-0.39, 0.29) is 5.60 Å². The molecule has 0 saturated heterocycles. The van der Waals surface area contributed by atoms with Gasteiger partial charge >= 0.3 is 0 Å². The van der Waals surface area contributed by atoms with Gasteiger partial charge < -0.3 is 10.1 Å². The largest absolute Gasteiger partial charge is 0.379 e. The molecular weight excluding hydrogens is 228 g/mol. The van der Waals surface area contributed by atoms with Gasteiger partial charge in [-0.1, -0.05) is 0 Å². The quantitative estimate of drug-likeness (QED) is 0.806. The van der Waals surface area contributed by atoms with Crippen LogP contribution in [0.1, 0.15) is 46.0 Å². The van der Waals surface area contributed by atoms with Gasteiger partial charge in [0.05, 0.1) is 5.60 Å². The number of aromatic nitrogens is 3. The number of nitrogens with one attached hydrogen (secondary N) is 1. The van der Waals surface area contributed by atoms with Gasteiger partial charge in [-0.05, 0) is 41.2 Å². The van der Waals surface area contributed by atoms with E-state index in [0.717, 1.165) is 18.7 Å². The fourth-order valence-electron chi connectivity index (χ4n) is 2.02. The minimum atomic E-state index is -0.129. The second-order valence-electron chi connectivity index (χ2n) is 5.57. The van der Waals surface area contributed by atoms with Gasteiger partial charge in [0, 0.05) is 25.6 Å². The van der Waals surface area contributed by atoms with Gasteiger partial charge in [0.15, 0.2) is 0 Å². The van der Waals surface area contributed by atoms with E-state index in [1.807, 2.05) is 11.7 Å². The number of rotatable bonds is 7. The van der Waals surface area contributed by atoms with E-state index in [1.54, 1.807) is 13.4 Å². The highest BCUT2D eigenvalue weighted by molar-refractivity contribution is 4.93. The Hall–Kier alpha value is -0.940. The Labute approximate surface area is 110 Å². The van der Waals surface area contributed by atoms with E-state index in [1.165, 1.54) is 0 Å². The molecule has 0 aliphatic rings. The first-order valence-corrected chi connectivity index (χ1v) is 6.50. The van der Waals surface area contributed by atoms with Crippen LogP contribution in [0, 0.1) is 0 Å². The summed E-state index contributed by atoms with van der Waals surface area (Å²) in [5, 5.41) is 7.60. The predicted molar refractivity (Wildman–Crippen MR) is 72.7 cm³/mol. The summed E-state index contributed by atoms with van der Waals surface area (Å²) in [7, 11) is 3.73. The molecule has 1 aromatic rings. The molecule has 0 spiro atoms. The van der Waals surface area contributed by atoms with Gasteiger partial charge in [-0.2, -0.15) is 5.10 Å². The highest BCUT2D eigenvalue weighted by Gasteiger charge is 2.23. The summed E-state index contributed by atoms with van der Waals surface area (Å²) < 4.78 is 7.46. The Bertz CT molecular complexity index is 360. The molecule has 1 unspecified atom stereocenters. The zero-order chi connectivity index (χ0) is 13.8. The molecule has 1 heterocycles. The highest BCUT2D eigenvalue weighted by Crippen LogP contribution is 2.18. The van der Waals surface area contributed by atoms with Crippen molar-refractivity contribution in [3.05, 3.63) is 12.2 Å². The maximum Gasteiger partial charge on any atom is 0.138 e. The topological polar surface area (TPSA) is 52.0 Å². The highest BCUT2D eigenvalue weighted by atomic mass is 16.5. The minimum absolute atomic E-state index is 0.129. The van der Waals surface area contributed by atoms with Crippen LogP contribution in [0.25, 0.3) is 0 Å². The molecule has 0 fully saturated rings. The average molecular weight is 254 g/mol. The molecule has 18 heavy (non-hydrogen) atoms. The lowest BCUT2D eigenvalue weighted by atomic mass is 9.96. The summed E-state index contributed by atoms with van der Waals surface area (Å²) in [6.45, 7) is 8.44. The van der Waals surface area contributed by atoms with Gasteiger partial charge in [-0.15, -0.1) is 0 Å². The van der Waals surface area contributed by atoms with Crippen molar-refractivity contribution in [1.82, 2.24) is 20.1 Å². The van der Waals surface area contributed by atoms with Crippen LogP contribution in [0.4, 0.5) is 0 Å². The number of hydrogen-bond donors (Lipinski definition) is 1. The Kier molecular flexibility index (Phi) is 5.28. The molecule has 0 aromatic carbocycles. The van der Waals surface area contributed by atoms with Crippen molar-refractivity contribution >= 4 is 0 Å². The van der Waals surface area contributed by atoms with Crippen molar-refractivity contribution in [3.8, 4) is 0 Å². The molecule has 0 amide bonds. The second kappa shape index (κ2) is 6.29. The van der Waals surface area contributed by atoms with Crippen molar-refractivity contribution in [1.29, 1.82) is 0 Å². The molecule has 5 nitrogen and oxygen atoms in total. The molecule has 0 radical (unpaired) electrons. The van der Waals surface area contributed by atoms with E-state index in [0.29, 0.717) is 12.1 Å². The molecular formula is C13H26N4O. The number of methoxy groups -OCH3 is 1. The van der Waals surface area contributed by atoms with Crippen molar-refractivity contribution in [2.75, 3.05) is 14.2 Å². The van der Waals surface area contributed by atoms with Crippen LogP contribution in [0.15, 0.2) is 6.33 Å². The van der Waals surface area contributed by atoms with Gasteiger partial charge in [-0.25, -0.2) is 9.67 Å². The first-order valence-electron chi connectivity index (χ1n) is 6.50. The van der Waals surface area contributed by atoms with Crippen LogP contribution in [-0.2, 0) is 11.2 Å². The molecule has 0 saturated carbocycles. The Balaban J connectivity index is 2.71. The standard InChI is InChI=1S/C13H26N4O/c1-10(2)17-12(15-9-16-17)7-11(14-5)8-13(3,4)18-6/h9-11,14H,7-8H2,1-6H3. The molecule has 0 aliphatic carbocycles. The Morgan fingerprint density at radius 1 is 1.44 bits per heavy atom. The smallest absolute Gasteiger partial charge is 0.138 e. The molecule has 1 rings (SSSR count). The predicted octanol–water partition coefficient (Wildman–Crippen LogP) is 1.80. The number of hydrogen-bond acceptors (Lipinski definition) is 4. The molecule has 1 atom stereocenters. The van der Waals surface area contributed by atoms with Crippen molar-refractivity contribution < 1.29 is 4.74 Å². The molecule has 104 valence electrons. The van der Waals surface area contributed by atoms with E-state index in [2.05, 4.69) is 43.1 Å². The monoisotopic (exact) mass is 254 g/mol. The first kappa shape index (κ1) is 15.1. The summed E-state index contributed by atoms with van der Waals surface area (Å²) in [4.78, 5) is 4.35. The van der Waals surface area contributed by atoms with Crippen LogP contribution < -0.4 is 5.32 Å². The molecule has 5 heteroatoms. The minimum Gasteiger partial charge on any atom is -0.379 e. The third-order valence-corrected chi connectivity index (χ3v) is 3.26. The van der Waals surface area contributed by atoms with E-state index in [9.17, 15) is 0 Å². The van der Waals surface area contributed by atoms with E-state index in [4.69, 9.17) is 4.74 Å². The number of nitrogens with zero attached hydrogens (tertiary/aromatic N) is 3. The van der Waals surface area contributed by atoms with Crippen LogP contribution in [-0.4, -0.2) is 40.6 Å². The first-order chi connectivity index (χ1) is 8.39. The zero-order valence-corrected chi connectivity index (χ0v) is 12.4. The lowest BCUT2D eigenvalue weighted by Gasteiger charge is -2.28. The maximum absolute atomic E-state index is 5.48.